The van der Waals surface area contributed by atoms with E-state index in [4.69, 9.17) is 25.8 Å². The van der Waals surface area contributed by atoms with Crippen LogP contribution in [0.1, 0.15) is 55.2 Å². The lowest BCUT2D eigenvalue weighted by atomic mass is 9.68. The lowest BCUT2D eigenvalue weighted by molar-refractivity contribution is -0.168. The Morgan fingerprint density at radius 1 is 1.14 bits per heavy atom. The predicted molar refractivity (Wildman–Crippen MR) is 189 cm³/mol. The number of carbonyl (C=O) groups is 2. The molecule has 2 aliphatic carbocycles. The summed E-state index contributed by atoms with van der Waals surface area (Å²) in [6.07, 6.45) is 8.74. The van der Waals surface area contributed by atoms with Crippen LogP contribution >= 0.6 is 11.6 Å². The van der Waals surface area contributed by atoms with Crippen LogP contribution in [0.3, 0.4) is 0 Å². The van der Waals surface area contributed by atoms with Crippen LogP contribution in [0.4, 0.5) is 14.5 Å². The average Bonchev–Trinajstić information content (AvgIpc) is 3.23. The summed E-state index contributed by atoms with van der Waals surface area (Å²) >= 11 is 6.46. The van der Waals surface area contributed by atoms with Crippen molar-refractivity contribution in [2.24, 2.45) is 11.8 Å². The maximum absolute atomic E-state index is 13.5. The van der Waals surface area contributed by atoms with E-state index in [-0.39, 0.29) is 42.0 Å². The van der Waals surface area contributed by atoms with Crippen LogP contribution in [0.25, 0.3) is 0 Å². The molecule has 0 aromatic heterocycles. The fourth-order valence-corrected chi connectivity index (χ4v) is 8.95. The van der Waals surface area contributed by atoms with E-state index >= 15 is 0 Å². The van der Waals surface area contributed by atoms with Gasteiger partial charge in [0.2, 0.25) is 5.91 Å². The third-order valence-electron chi connectivity index (χ3n) is 11.8. The number of halogens is 3. The van der Waals surface area contributed by atoms with Crippen molar-refractivity contribution in [3.05, 3.63) is 70.3 Å². The lowest BCUT2D eigenvalue weighted by Gasteiger charge is -2.46. The van der Waals surface area contributed by atoms with Gasteiger partial charge in [-0.05, 0) is 91.3 Å². The largest absolute Gasteiger partial charge is 0.490 e. The molecule has 0 unspecified atom stereocenters. The van der Waals surface area contributed by atoms with E-state index in [2.05, 4.69) is 23.1 Å². The maximum atomic E-state index is 13.5. The number of esters is 1. The standard InChI is InChI=1S/C39H48ClF2N3O6/c1-43-15-4-3-7-33(50-17-16-44-23-38(41,42)24-44)30-11-8-27(30)21-45-22-37(14-5-6-26-18-29(40)10-12-31(26)37)25-51-34-13-9-28(19-32(34)45)39(48,20-35(43)46)36(47)49-2/h3,7,9-10,12-13,18-19,27,30,33,48H,4-6,8,11,14-17,20-25H2,1-2H3/b7-3-/t27-,30+,33-,37-,39+/m0/s1. The number of nitrogens with zero attached hydrogens (tertiary/aromatic N) is 3. The van der Waals surface area contributed by atoms with Crippen molar-refractivity contribution >= 4 is 29.2 Å². The highest BCUT2D eigenvalue weighted by Gasteiger charge is 2.47. The Morgan fingerprint density at radius 2 is 1.96 bits per heavy atom. The number of methoxy groups -OCH3 is 1. The zero-order chi connectivity index (χ0) is 36.0. The van der Waals surface area contributed by atoms with Crippen LogP contribution in [0.2, 0.25) is 5.02 Å². The number of anilines is 1. The Kier molecular flexibility index (Phi) is 10.1. The van der Waals surface area contributed by atoms with Crippen LogP contribution in [0, 0.1) is 11.8 Å². The van der Waals surface area contributed by atoms with Crippen LogP contribution in [0.5, 0.6) is 5.75 Å². The van der Waals surface area contributed by atoms with Crippen molar-refractivity contribution in [3.63, 3.8) is 0 Å². The number of likely N-dealkylation sites (tertiary alicyclic amines) is 1. The molecule has 2 aromatic carbocycles. The summed E-state index contributed by atoms with van der Waals surface area (Å²) in [7, 11) is 2.86. The highest BCUT2D eigenvalue weighted by molar-refractivity contribution is 6.30. The summed E-state index contributed by atoms with van der Waals surface area (Å²) in [5, 5.41) is 12.7. The number of hydrogen-bond acceptors (Lipinski definition) is 8. The Bertz CT molecular complexity index is 1670. The molecule has 2 fully saturated rings. The van der Waals surface area contributed by atoms with Gasteiger partial charge in [0.1, 0.15) is 5.75 Å². The number of rotatable bonds is 5. The molecule has 2 bridgehead atoms. The third-order valence-corrected chi connectivity index (χ3v) is 12.0. The first-order valence-electron chi connectivity index (χ1n) is 18.1. The maximum Gasteiger partial charge on any atom is 0.343 e. The number of amides is 1. The number of aryl methyl sites for hydroxylation is 1. The quantitative estimate of drug-likeness (QED) is 0.326. The van der Waals surface area contributed by atoms with E-state index in [1.807, 2.05) is 12.1 Å². The van der Waals surface area contributed by atoms with Crippen molar-refractivity contribution < 1.29 is 37.7 Å². The van der Waals surface area contributed by atoms with Crippen LogP contribution in [-0.2, 0) is 36.5 Å². The number of alkyl halides is 2. The van der Waals surface area contributed by atoms with E-state index in [1.165, 1.54) is 23.1 Å². The molecule has 1 saturated heterocycles. The van der Waals surface area contributed by atoms with Crippen LogP contribution in [0.15, 0.2) is 48.6 Å². The van der Waals surface area contributed by atoms with Gasteiger partial charge >= 0.3 is 5.97 Å². The monoisotopic (exact) mass is 727 g/mol. The SMILES string of the molecule is COC(=O)[C@@]1(O)CC(=O)N(C)CC/C=C\[C@H](OCCN2CC(F)(F)C2)[C@@H]2CC[C@H]2CN2C[C@@]3(CCCc4cc(Cl)ccc43)COc3ccc1cc32. The second-order valence-corrected chi connectivity index (χ2v) is 15.7. The normalized spacial score (nSPS) is 31.3. The Morgan fingerprint density at radius 3 is 2.71 bits per heavy atom. The molecule has 0 radical (unpaired) electrons. The number of benzene rings is 2. The Hall–Kier alpha value is -3.25. The van der Waals surface area contributed by atoms with Gasteiger partial charge in [-0.25, -0.2) is 13.6 Å². The first-order valence-corrected chi connectivity index (χ1v) is 18.5. The number of carbonyl (C=O) groups excluding carboxylic acids is 2. The molecule has 51 heavy (non-hydrogen) atoms. The van der Waals surface area contributed by atoms with Gasteiger partial charge in [-0.1, -0.05) is 35.9 Å². The van der Waals surface area contributed by atoms with Crippen molar-refractivity contribution in [1.82, 2.24) is 9.80 Å². The molecule has 1 N–H and O–H groups in total. The molecule has 3 heterocycles. The van der Waals surface area contributed by atoms with E-state index in [9.17, 15) is 23.5 Å². The number of hydrogen-bond donors (Lipinski definition) is 1. The van der Waals surface area contributed by atoms with Crippen LogP contribution < -0.4 is 9.64 Å². The second-order valence-electron chi connectivity index (χ2n) is 15.3. The zero-order valence-corrected chi connectivity index (χ0v) is 30.2. The summed E-state index contributed by atoms with van der Waals surface area (Å²) in [5.74, 6) is -2.83. The molecular weight excluding hydrogens is 680 g/mol. The highest BCUT2D eigenvalue weighted by atomic mass is 35.5. The minimum atomic E-state index is -2.62. The minimum Gasteiger partial charge on any atom is -0.490 e. The summed E-state index contributed by atoms with van der Waals surface area (Å²) in [5.41, 5.74) is 0.932. The van der Waals surface area contributed by atoms with Gasteiger partial charge in [-0.2, -0.15) is 0 Å². The second kappa shape index (κ2) is 14.3. The van der Waals surface area contributed by atoms with Gasteiger partial charge in [0.05, 0.1) is 51.6 Å². The summed E-state index contributed by atoms with van der Waals surface area (Å²) in [6.45, 7) is 2.48. The van der Waals surface area contributed by atoms with Crippen LogP contribution in [-0.4, -0.2) is 105 Å². The smallest absolute Gasteiger partial charge is 0.343 e. The number of ether oxygens (including phenoxy) is 3. The fourth-order valence-electron chi connectivity index (χ4n) is 8.75. The first kappa shape index (κ1) is 36.1. The first-order chi connectivity index (χ1) is 24.4. The topological polar surface area (TPSA) is 91.8 Å². The molecule has 12 heteroatoms. The van der Waals surface area contributed by atoms with E-state index < -0.39 is 29.8 Å². The molecule has 1 amide bonds. The average molecular weight is 728 g/mol. The zero-order valence-electron chi connectivity index (χ0n) is 29.4. The molecule has 1 saturated carbocycles. The van der Waals surface area contributed by atoms with E-state index in [1.54, 1.807) is 30.1 Å². The predicted octanol–water partition coefficient (Wildman–Crippen LogP) is 5.34. The van der Waals surface area contributed by atoms with Gasteiger partial charge in [-0.15, -0.1) is 0 Å². The van der Waals surface area contributed by atoms with Gasteiger partial charge in [0.25, 0.3) is 5.92 Å². The van der Waals surface area contributed by atoms with E-state index in [0.717, 1.165) is 37.8 Å². The van der Waals surface area contributed by atoms with Crippen molar-refractivity contribution in [1.29, 1.82) is 0 Å². The third kappa shape index (κ3) is 7.24. The minimum absolute atomic E-state index is 0.197. The van der Waals surface area contributed by atoms with Gasteiger partial charge < -0.3 is 29.1 Å². The van der Waals surface area contributed by atoms with Crippen molar-refractivity contribution in [2.45, 2.75) is 68.0 Å². The van der Waals surface area contributed by atoms with Crippen molar-refractivity contribution in [3.8, 4) is 5.75 Å². The molecule has 2 aromatic rings. The van der Waals surface area contributed by atoms with Crippen molar-refractivity contribution in [2.75, 3.05) is 71.5 Å². The highest BCUT2D eigenvalue weighted by Crippen LogP contribution is 2.48. The summed E-state index contributed by atoms with van der Waals surface area (Å²) in [6, 6.07) is 11.4. The number of aliphatic hydroxyl groups is 1. The Balaban J connectivity index is 1.25. The van der Waals surface area contributed by atoms with Gasteiger partial charge in [0.15, 0.2) is 5.60 Å². The summed E-state index contributed by atoms with van der Waals surface area (Å²) in [4.78, 5) is 32.3. The summed E-state index contributed by atoms with van der Waals surface area (Å²) < 4.78 is 45.2. The molecular formula is C39H48ClF2N3O6. The molecule has 7 rings (SSSR count). The molecule has 1 spiro atoms. The van der Waals surface area contributed by atoms with Gasteiger partial charge in [0, 0.05) is 43.7 Å². The number of fused-ring (bicyclic) bond motifs is 4. The fraction of sp³-hybridized carbons (Fsp3) is 0.590. The molecule has 5 aliphatic rings. The molecule has 5 atom stereocenters. The Labute approximate surface area is 303 Å². The lowest BCUT2D eigenvalue weighted by Crippen LogP contribution is -2.57. The molecule has 276 valence electrons. The van der Waals surface area contributed by atoms with Gasteiger partial charge in [-0.3, -0.25) is 9.69 Å². The molecule has 9 nitrogen and oxygen atoms in total. The van der Waals surface area contributed by atoms with E-state index in [0.29, 0.717) is 56.6 Å². The molecule has 3 aliphatic heterocycles.